The Labute approximate surface area is 156 Å². The normalized spacial score (nSPS) is 18.5. The molecule has 0 saturated carbocycles. The van der Waals surface area contributed by atoms with Crippen LogP contribution in [-0.4, -0.2) is 25.5 Å². The van der Waals surface area contributed by atoms with Gasteiger partial charge < -0.3 is 9.84 Å². The molecule has 28 heavy (non-hydrogen) atoms. The maximum absolute atomic E-state index is 14.0. The third-order valence-corrected chi connectivity index (χ3v) is 5.79. The molecule has 1 N–H and O–H groups in total. The van der Waals surface area contributed by atoms with Crippen molar-refractivity contribution < 1.29 is 35.8 Å². The van der Waals surface area contributed by atoms with E-state index in [4.69, 9.17) is 10.00 Å². The lowest BCUT2D eigenvalue weighted by atomic mass is 10.0. The summed E-state index contributed by atoms with van der Waals surface area (Å²) in [6.45, 7) is -1.18. The quantitative estimate of drug-likeness (QED) is 0.606. The van der Waals surface area contributed by atoms with E-state index in [-0.39, 0.29) is 17.1 Å². The number of aliphatic hydroxyl groups excluding tert-OH is 1. The SMILES string of the molecule is N#Cc1cc(F)cc(Oc2ccc3c(c2C#CCF)C(O)C(F)(F)S3(=O)=O)c1. The fourth-order valence-electron chi connectivity index (χ4n) is 2.70. The van der Waals surface area contributed by atoms with Gasteiger partial charge in [-0.25, -0.2) is 17.2 Å². The van der Waals surface area contributed by atoms with Crippen molar-refractivity contribution in [1.29, 1.82) is 5.26 Å². The van der Waals surface area contributed by atoms with E-state index in [2.05, 4.69) is 5.92 Å². The lowest BCUT2D eigenvalue weighted by molar-refractivity contribution is -0.0377. The summed E-state index contributed by atoms with van der Waals surface area (Å²) in [6.07, 6.45) is -2.75. The fraction of sp³-hybridized carbons (Fsp3) is 0.167. The largest absolute Gasteiger partial charge is 0.456 e. The average molecular weight is 411 g/mol. The highest BCUT2D eigenvalue weighted by Crippen LogP contribution is 2.51. The molecule has 0 spiro atoms. The molecule has 0 radical (unpaired) electrons. The molecule has 0 aliphatic carbocycles. The number of hydrogen-bond acceptors (Lipinski definition) is 5. The van der Waals surface area contributed by atoms with Crippen molar-refractivity contribution in [3.8, 4) is 29.4 Å². The molecule has 1 heterocycles. The first-order valence-corrected chi connectivity index (χ1v) is 9.02. The summed E-state index contributed by atoms with van der Waals surface area (Å²) in [6, 6.07) is 6.42. The summed E-state index contributed by atoms with van der Waals surface area (Å²) < 4.78 is 83.5. The molecule has 2 aromatic carbocycles. The van der Waals surface area contributed by atoms with Gasteiger partial charge >= 0.3 is 5.25 Å². The molecule has 1 aliphatic rings. The minimum atomic E-state index is -5.19. The van der Waals surface area contributed by atoms with Gasteiger partial charge in [0.25, 0.3) is 0 Å². The molecule has 0 aromatic heterocycles. The second-order valence-electron chi connectivity index (χ2n) is 5.64. The number of sulfone groups is 1. The topological polar surface area (TPSA) is 87.4 Å². The molecule has 5 nitrogen and oxygen atoms in total. The smallest absolute Gasteiger partial charge is 0.379 e. The van der Waals surface area contributed by atoms with Crippen LogP contribution < -0.4 is 4.74 Å². The Hall–Kier alpha value is -3.08. The van der Waals surface area contributed by atoms with E-state index in [0.29, 0.717) is 0 Å². The summed E-state index contributed by atoms with van der Waals surface area (Å²) in [5, 5.41) is 14.3. The monoisotopic (exact) mass is 411 g/mol. The van der Waals surface area contributed by atoms with Crippen molar-refractivity contribution in [3.63, 3.8) is 0 Å². The minimum Gasteiger partial charge on any atom is -0.456 e. The molecule has 3 rings (SSSR count). The van der Waals surface area contributed by atoms with Crippen LogP contribution in [0.15, 0.2) is 35.2 Å². The number of fused-ring (bicyclic) bond motifs is 1. The molecule has 1 unspecified atom stereocenters. The summed E-state index contributed by atoms with van der Waals surface area (Å²) in [5.74, 6) is 2.78. The molecule has 0 fully saturated rings. The first kappa shape index (κ1) is 19.7. The predicted molar refractivity (Wildman–Crippen MR) is 87.6 cm³/mol. The van der Waals surface area contributed by atoms with Crippen molar-refractivity contribution in [2.45, 2.75) is 16.3 Å². The Kier molecular flexibility index (Phi) is 4.79. The van der Waals surface area contributed by atoms with Crippen LogP contribution in [0, 0.1) is 29.0 Å². The number of nitriles is 1. The Bertz CT molecular complexity index is 1180. The number of aliphatic hydroxyl groups is 1. The van der Waals surface area contributed by atoms with E-state index in [1.165, 1.54) is 0 Å². The van der Waals surface area contributed by atoms with E-state index in [0.717, 1.165) is 30.3 Å². The number of nitrogens with zero attached hydrogens (tertiary/aromatic N) is 1. The van der Waals surface area contributed by atoms with Crippen molar-refractivity contribution in [2.75, 3.05) is 6.67 Å². The van der Waals surface area contributed by atoms with Crippen LogP contribution in [-0.2, 0) is 9.84 Å². The van der Waals surface area contributed by atoms with Crippen LogP contribution in [0.2, 0.25) is 0 Å². The highest BCUT2D eigenvalue weighted by molar-refractivity contribution is 7.92. The molecule has 10 heteroatoms. The van der Waals surface area contributed by atoms with Crippen LogP contribution >= 0.6 is 0 Å². The molecular weight excluding hydrogens is 402 g/mol. The summed E-state index contributed by atoms with van der Waals surface area (Å²) >= 11 is 0. The van der Waals surface area contributed by atoms with Crippen LogP contribution in [0.25, 0.3) is 0 Å². The fourth-order valence-corrected chi connectivity index (χ4v) is 4.15. The number of ether oxygens (including phenoxy) is 1. The summed E-state index contributed by atoms with van der Waals surface area (Å²) in [5.41, 5.74) is -1.31. The lowest BCUT2D eigenvalue weighted by Gasteiger charge is -2.14. The molecule has 1 aliphatic heterocycles. The van der Waals surface area contributed by atoms with Gasteiger partial charge in [0, 0.05) is 11.6 Å². The van der Waals surface area contributed by atoms with Gasteiger partial charge in [-0.2, -0.15) is 14.0 Å². The zero-order chi connectivity index (χ0) is 20.7. The van der Waals surface area contributed by atoms with Gasteiger partial charge in [-0.3, -0.25) is 0 Å². The molecule has 1 atom stereocenters. The number of rotatable bonds is 2. The van der Waals surface area contributed by atoms with Gasteiger partial charge in [0.15, 0.2) is 12.8 Å². The first-order chi connectivity index (χ1) is 13.1. The zero-order valence-electron chi connectivity index (χ0n) is 13.7. The zero-order valence-corrected chi connectivity index (χ0v) is 14.5. The van der Waals surface area contributed by atoms with E-state index in [1.807, 2.05) is 5.92 Å². The van der Waals surface area contributed by atoms with Crippen LogP contribution in [0.5, 0.6) is 11.5 Å². The van der Waals surface area contributed by atoms with Crippen LogP contribution in [0.1, 0.15) is 22.8 Å². The van der Waals surface area contributed by atoms with Gasteiger partial charge in [0.05, 0.1) is 22.1 Å². The second kappa shape index (κ2) is 6.82. The Balaban J connectivity index is 2.22. The lowest BCUT2D eigenvalue weighted by Crippen LogP contribution is -2.28. The van der Waals surface area contributed by atoms with E-state index >= 15 is 0 Å². The van der Waals surface area contributed by atoms with Gasteiger partial charge in [-0.05, 0) is 24.3 Å². The number of alkyl halides is 3. The maximum Gasteiger partial charge on any atom is 0.379 e. The highest BCUT2D eigenvalue weighted by Gasteiger charge is 2.61. The van der Waals surface area contributed by atoms with E-state index in [9.17, 15) is 31.1 Å². The van der Waals surface area contributed by atoms with Gasteiger partial charge in [0.1, 0.15) is 17.3 Å². The summed E-state index contributed by atoms with van der Waals surface area (Å²) in [4.78, 5) is -0.863. The van der Waals surface area contributed by atoms with Crippen LogP contribution in [0.3, 0.4) is 0 Å². The minimum absolute atomic E-state index is 0.0956. The third kappa shape index (κ3) is 2.97. The summed E-state index contributed by atoms with van der Waals surface area (Å²) in [7, 11) is -5.19. The molecule has 2 aromatic rings. The third-order valence-electron chi connectivity index (χ3n) is 3.92. The Morgan fingerprint density at radius 1 is 1.25 bits per heavy atom. The number of hydrogen-bond donors (Lipinski definition) is 1. The van der Waals surface area contributed by atoms with Crippen molar-refractivity contribution in [2.24, 2.45) is 0 Å². The standard InChI is InChI=1S/C18H9F4NO4S/c19-5-1-2-13-14(27-12-7-10(9-23)6-11(20)8-12)3-4-15-16(13)17(24)18(21,22)28(15,25)26/h3-4,6-8,17,24H,5H2. The van der Waals surface area contributed by atoms with Crippen LogP contribution in [0.4, 0.5) is 17.6 Å². The molecule has 0 amide bonds. The second-order valence-corrected chi connectivity index (χ2v) is 7.63. The molecule has 0 bridgehead atoms. The predicted octanol–water partition coefficient (Wildman–Crippen LogP) is 3.22. The highest BCUT2D eigenvalue weighted by atomic mass is 32.2. The van der Waals surface area contributed by atoms with Gasteiger partial charge in [-0.1, -0.05) is 11.8 Å². The van der Waals surface area contributed by atoms with Crippen molar-refractivity contribution >= 4 is 9.84 Å². The van der Waals surface area contributed by atoms with Crippen molar-refractivity contribution in [1.82, 2.24) is 0 Å². The first-order valence-electron chi connectivity index (χ1n) is 7.54. The van der Waals surface area contributed by atoms with Gasteiger partial charge in [-0.15, -0.1) is 0 Å². The molecule has 144 valence electrons. The molecule has 0 saturated heterocycles. The maximum atomic E-state index is 14.0. The molecular formula is C18H9F4NO4S. The number of halogens is 4. The van der Waals surface area contributed by atoms with E-state index < -0.39 is 49.7 Å². The van der Waals surface area contributed by atoms with Crippen molar-refractivity contribution in [3.05, 3.63) is 52.8 Å². The Morgan fingerprint density at radius 3 is 2.61 bits per heavy atom. The number of benzene rings is 2. The average Bonchev–Trinajstić information content (AvgIpc) is 2.77. The Morgan fingerprint density at radius 2 is 1.96 bits per heavy atom. The van der Waals surface area contributed by atoms with E-state index in [1.54, 1.807) is 6.07 Å². The van der Waals surface area contributed by atoms with Gasteiger partial charge in [0.2, 0.25) is 9.84 Å².